The molecule has 0 radical (unpaired) electrons. The molecule has 0 unspecified atom stereocenters. The zero-order valence-corrected chi connectivity index (χ0v) is 14.6. The number of hydrogen-bond acceptors (Lipinski definition) is 0. The predicted molar refractivity (Wildman–Crippen MR) is 95.2 cm³/mol. The molecule has 0 aliphatic heterocycles. The third kappa shape index (κ3) is 3.31. The molecule has 0 aliphatic rings. The lowest BCUT2D eigenvalue weighted by Crippen LogP contribution is -2.17. The van der Waals surface area contributed by atoms with Gasteiger partial charge in [-0.25, -0.2) is 0 Å². The Balaban J connectivity index is 2.51. The third-order valence-corrected chi connectivity index (χ3v) is 5.16. The van der Waals surface area contributed by atoms with Crippen LogP contribution in [0.4, 0.5) is 0 Å². The Morgan fingerprint density at radius 1 is 0.714 bits per heavy atom. The first kappa shape index (κ1) is 16.1. The maximum atomic E-state index is 2.40. The van der Waals surface area contributed by atoms with E-state index in [-0.39, 0.29) is 10.8 Å². The first-order valence-corrected chi connectivity index (χ1v) is 8.35. The van der Waals surface area contributed by atoms with E-state index < -0.39 is 0 Å². The molecule has 0 heterocycles. The van der Waals surface area contributed by atoms with Crippen LogP contribution in [0.25, 0.3) is 10.8 Å². The molecule has 2 aromatic carbocycles. The zero-order chi connectivity index (χ0) is 15.7. The lowest BCUT2D eigenvalue weighted by atomic mass is 9.78. The highest BCUT2D eigenvalue weighted by molar-refractivity contribution is 5.84. The summed E-state index contributed by atoms with van der Waals surface area (Å²) >= 11 is 0. The molecular formula is C21H30. The second-order valence-corrected chi connectivity index (χ2v) is 7.65. The Morgan fingerprint density at radius 2 is 1.24 bits per heavy atom. The van der Waals surface area contributed by atoms with Crippen molar-refractivity contribution in [2.24, 2.45) is 0 Å². The quantitative estimate of drug-likeness (QED) is 0.579. The van der Waals surface area contributed by atoms with E-state index in [1.54, 1.807) is 0 Å². The fraction of sp³-hybridized carbons (Fsp3) is 0.524. The smallest absolute Gasteiger partial charge is 0.0103 e. The monoisotopic (exact) mass is 282 g/mol. The van der Waals surface area contributed by atoms with E-state index in [0.29, 0.717) is 0 Å². The van der Waals surface area contributed by atoms with Crippen LogP contribution in [0.1, 0.15) is 71.9 Å². The lowest BCUT2D eigenvalue weighted by molar-refractivity contribution is 0.473. The molecule has 0 saturated carbocycles. The first-order chi connectivity index (χ1) is 9.80. The van der Waals surface area contributed by atoms with Gasteiger partial charge in [-0.2, -0.15) is 0 Å². The minimum Gasteiger partial charge on any atom is -0.0654 e. The van der Waals surface area contributed by atoms with Crippen LogP contribution in [0.5, 0.6) is 0 Å². The van der Waals surface area contributed by atoms with Crippen LogP contribution in [-0.4, -0.2) is 0 Å². The van der Waals surface area contributed by atoms with Gasteiger partial charge in [-0.05, 0) is 45.6 Å². The van der Waals surface area contributed by atoms with Crippen molar-refractivity contribution in [3.63, 3.8) is 0 Å². The van der Waals surface area contributed by atoms with E-state index in [2.05, 4.69) is 77.9 Å². The Morgan fingerprint density at radius 3 is 1.71 bits per heavy atom. The molecule has 0 saturated heterocycles. The summed E-state index contributed by atoms with van der Waals surface area (Å²) in [5.74, 6) is 0. The van der Waals surface area contributed by atoms with Gasteiger partial charge < -0.3 is 0 Å². The molecule has 0 aromatic heterocycles. The molecule has 0 heteroatoms. The number of benzene rings is 2. The van der Waals surface area contributed by atoms with Gasteiger partial charge in [0.2, 0.25) is 0 Å². The van der Waals surface area contributed by atoms with Crippen LogP contribution in [0.15, 0.2) is 36.4 Å². The van der Waals surface area contributed by atoms with Crippen molar-refractivity contribution in [2.75, 3.05) is 0 Å². The van der Waals surface area contributed by atoms with Gasteiger partial charge in [-0.1, -0.05) is 84.4 Å². The summed E-state index contributed by atoms with van der Waals surface area (Å²) in [7, 11) is 0. The van der Waals surface area contributed by atoms with Crippen molar-refractivity contribution in [3.8, 4) is 0 Å². The maximum Gasteiger partial charge on any atom is -0.0103 e. The average molecular weight is 282 g/mol. The van der Waals surface area contributed by atoms with Crippen LogP contribution in [-0.2, 0) is 10.8 Å². The van der Waals surface area contributed by atoms with Gasteiger partial charge in [0.15, 0.2) is 0 Å². The standard InChI is InChI=1S/C21H30/c1-7-13-21(5,6)19-12-10-16-9-11-18(14-17(16)15-19)20(3,4)8-2/h9-12,14-15H,7-8,13H2,1-6H3. The van der Waals surface area contributed by atoms with Crippen LogP contribution in [0, 0.1) is 0 Å². The number of rotatable bonds is 5. The number of fused-ring (bicyclic) bond motifs is 1. The van der Waals surface area contributed by atoms with E-state index >= 15 is 0 Å². The summed E-state index contributed by atoms with van der Waals surface area (Å²) in [6, 6.07) is 14.0. The highest BCUT2D eigenvalue weighted by Gasteiger charge is 2.21. The van der Waals surface area contributed by atoms with E-state index in [4.69, 9.17) is 0 Å². The fourth-order valence-corrected chi connectivity index (χ4v) is 3.06. The largest absolute Gasteiger partial charge is 0.0654 e. The van der Waals surface area contributed by atoms with Crippen molar-refractivity contribution in [1.82, 2.24) is 0 Å². The summed E-state index contributed by atoms with van der Waals surface area (Å²) in [5, 5.41) is 2.73. The van der Waals surface area contributed by atoms with E-state index in [1.807, 2.05) is 0 Å². The molecule has 0 nitrogen and oxygen atoms in total. The minimum absolute atomic E-state index is 0.253. The van der Waals surface area contributed by atoms with Gasteiger partial charge in [0.25, 0.3) is 0 Å². The van der Waals surface area contributed by atoms with Gasteiger partial charge in [0, 0.05) is 0 Å². The minimum atomic E-state index is 0.253. The molecule has 0 spiro atoms. The molecule has 2 rings (SSSR count). The summed E-state index contributed by atoms with van der Waals surface area (Å²) in [4.78, 5) is 0. The van der Waals surface area contributed by atoms with Crippen LogP contribution in [0.3, 0.4) is 0 Å². The normalized spacial score (nSPS) is 12.9. The van der Waals surface area contributed by atoms with Crippen molar-refractivity contribution < 1.29 is 0 Å². The van der Waals surface area contributed by atoms with Crippen LogP contribution < -0.4 is 0 Å². The maximum absolute atomic E-state index is 2.40. The van der Waals surface area contributed by atoms with Crippen molar-refractivity contribution in [1.29, 1.82) is 0 Å². The molecule has 0 atom stereocenters. The third-order valence-electron chi connectivity index (χ3n) is 5.16. The summed E-state index contributed by atoms with van der Waals surface area (Å²) in [5.41, 5.74) is 3.42. The van der Waals surface area contributed by atoms with Gasteiger partial charge >= 0.3 is 0 Å². The predicted octanol–water partition coefficient (Wildman–Crippen LogP) is 6.61. The van der Waals surface area contributed by atoms with Crippen LogP contribution in [0.2, 0.25) is 0 Å². The van der Waals surface area contributed by atoms with E-state index in [0.717, 1.165) is 0 Å². The molecular weight excluding hydrogens is 252 g/mol. The second kappa shape index (κ2) is 5.83. The average Bonchev–Trinajstić information content (AvgIpc) is 2.46. The summed E-state index contributed by atoms with van der Waals surface area (Å²) < 4.78 is 0. The molecule has 0 N–H and O–H groups in total. The lowest BCUT2D eigenvalue weighted by Gasteiger charge is -2.26. The highest BCUT2D eigenvalue weighted by Crippen LogP contribution is 2.33. The van der Waals surface area contributed by atoms with Crippen molar-refractivity contribution in [2.45, 2.75) is 71.6 Å². The fourth-order valence-electron chi connectivity index (χ4n) is 3.06. The first-order valence-electron chi connectivity index (χ1n) is 8.35. The van der Waals surface area contributed by atoms with E-state index in [1.165, 1.54) is 41.2 Å². The Labute approximate surface area is 130 Å². The van der Waals surface area contributed by atoms with Crippen LogP contribution >= 0.6 is 0 Å². The second-order valence-electron chi connectivity index (χ2n) is 7.65. The molecule has 0 bridgehead atoms. The molecule has 0 amide bonds. The van der Waals surface area contributed by atoms with Crippen molar-refractivity contribution in [3.05, 3.63) is 47.5 Å². The molecule has 0 aliphatic carbocycles. The molecule has 2 aromatic rings. The highest BCUT2D eigenvalue weighted by atomic mass is 14.3. The Bertz CT molecular complexity index is 617. The zero-order valence-electron chi connectivity index (χ0n) is 14.6. The summed E-state index contributed by atoms with van der Waals surface area (Å²) in [6.07, 6.45) is 3.63. The van der Waals surface area contributed by atoms with Gasteiger partial charge in [-0.15, -0.1) is 0 Å². The molecule has 0 fully saturated rings. The van der Waals surface area contributed by atoms with E-state index in [9.17, 15) is 0 Å². The topological polar surface area (TPSA) is 0 Å². The van der Waals surface area contributed by atoms with Crippen molar-refractivity contribution >= 4 is 10.8 Å². The molecule has 21 heavy (non-hydrogen) atoms. The number of hydrogen-bond donors (Lipinski definition) is 0. The Hall–Kier alpha value is -1.30. The summed E-state index contributed by atoms with van der Waals surface area (Å²) in [6.45, 7) is 13.9. The van der Waals surface area contributed by atoms with Gasteiger partial charge in [-0.3, -0.25) is 0 Å². The SMILES string of the molecule is CCCC(C)(C)c1ccc2ccc(C(C)(C)CC)cc2c1. The van der Waals surface area contributed by atoms with Gasteiger partial charge in [0.1, 0.15) is 0 Å². The molecule has 114 valence electrons. The Kier molecular flexibility index (Phi) is 4.46. The van der Waals surface area contributed by atoms with Gasteiger partial charge in [0.05, 0.1) is 0 Å².